The molecule has 3 rings (SSSR count). The van der Waals surface area contributed by atoms with Crippen molar-refractivity contribution in [1.82, 2.24) is 0 Å². The van der Waals surface area contributed by atoms with Gasteiger partial charge < -0.3 is 14.2 Å². The number of fused-ring (bicyclic) bond motifs is 1. The maximum atomic E-state index is 12.4. The average molecular weight is 306 g/mol. The summed E-state index contributed by atoms with van der Waals surface area (Å²) in [4.78, 5) is 13.5. The molecule has 0 spiro atoms. The van der Waals surface area contributed by atoms with E-state index >= 15 is 0 Å². The number of thioether (sulfide) groups is 1. The van der Waals surface area contributed by atoms with Gasteiger partial charge in [0.2, 0.25) is 0 Å². The third-order valence-electron chi connectivity index (χ3n) is 3.73. The van der Waals surface area contributed by atoms with Gasteiger partial charge in [-0.1, -0.05) is 24.3 Å². The number of carbonyl (C=O) groups is 1. The van der Waals surface area contributed by atoms with Crippen molar-refractivity contribution in [3.8, 4) is 0 Å². The summed E-state index contributed by atoms with van der Waals surface area (Å²) in [6, 6.07) is 9.90. The van der Waals surface area contributed by atoms with Gasteiger partial charge in [-0.25, -0.2) is 0 Å². The number of rotatable bonds is 5. The van der Waals surface area contributed by atoms with Crippen LogP contribution < -0.4 is 0 Å². The number of benzene rings is 1. The van der Waals surface area contributed by atoms with Crippen molar-refractivity contribution >= 4 is 17.5 Å². The highest BCUT2D eigenvalue weighted by Gasteiger charge is 2.49. The molecular weight excluding hydrogens is 288 g/mol. The fraction of sp³-hybridized carbons (Fsp3) is 0.438. The molecule has 3 unspecified atom stereocenters. The molecule has 1 heterocycles. The molecule has 0 N–H and O–H groups in total. The largest absolute Gasteiger partial charge is 0.331 e. The zero-order valence-electron chi connectivity index (χ0n) is 12.1. The smallest absolute Gasteiger partial charge is 0.280 e. The van der Waals surface area contributed by atoms with E-state index in [2.05, 4.69) is 0 Å². The van der Waals surface area contributed by atoms with Gasteiger partial charge in [0.25, 0.3) is 5.97 Å². The minimum Gasteiger partial charge on any atom is -0.331 e. The van der Waals surface area contributed by atoms with Crippen molar-refractivity contribution in [2.45, 2.75) is 36.4 Å². The Hall–Kier alpha value is -1.14. The first-order valence-electron chi connectivity index (χ1n) is 6.93. The minimum atomic E-state index is -1.04. The Bertz CT molecular complexity index is 557. The summed E-state index contributed by atoms with van der Waals surface area (Å²) >= 11 is 1.54. The van der Waals surface area contributed by atoms with Crippen LogP contribution in [-0.2, 0) is 19.0 Å². The highest BCUT2D eigenvalue weighted by molar-refractivity contribution is 8.00. The maximum Gasteiger partial charge on any atom is 0.280 e. The summed E-state index contributed by atoms with van der Waals surface area (Å²) in [5.41, 5.74) is 0.712. The standard InChI is InChI=1S/C16H18O4S/c1-16(18-2)19-14-9-8-12(15(14)20-16)13(17)10-21-11-6-4-3-5-7-11/h3-8,14-15H,9-10H2,1-2H3. The molecule has 1 aromatic rings. The number of ketones is 1. The van der Waals surface area contributed by atoms with Gasteiger partial charge in [-0.05, 0) is 18.6 Å². The third-order valence-corrected chi connectivity index (χ3v) is 4.74. The lowest BCUT2D eigenvalue weighted by Gasteiger charge is -2.21. The van der Waals surface area contributed by atoms with Crippen LogP contribution in [0.4, 0.5) is 0 Å². The second-order valence-corrected chi connectivity index (χ2v) is 6.23. The van der Waals surface area contributed by atoms with E-state index < -0.39 is 5.97 Å². The Labute approximate surface area is 128 Å². The lowest BCUT2D eigenvalue weighted by atomic mass is 10.1. The molecule has 1 aliphatic heterocycles. The van der Waals surface area contributed by atoms with Crippen molar-refractivity contribution in [2.75, 3.05) is 12.9 Å². The van der Waals surface area contributed by atoms with Crippen molar-refractivity contribution in [3.63, 3.8) is 0 Å². The molecule has 0 saturated carbocycles. The molecule has 1 aliphatic carbocycles. The van der Waals surface area contributed by atoms with Gasteiger partial charge in [0.05, 0.1) is 11.9 Å². The first kappa shape index (κ1) is 14.8. The van der Waals surface area contributed by atoms with E-state index in [4.69, 9.17) is 14.2 Å². The molecule has 0 radical (unpaired) electrons. The molecule has 0 bridgehead atoms. The number of hydrogen-bond donors (Lipinski definition) is 0. The van der Waals surface area contributed by atoms with Gasteiger partial charge in [-0.2, -0.15) is 0 Å². The van der Waals surface area contributed by atoms with Crippen LogP contribution in [0.3, 0.4) is 0 Å². The highest BCUT2D eigenvalue weighted by Crippen LogP contribution is 2.39. The van der Waals surface area contributed by atoms with E-state index in [1.807, 2.05) is 36.4 Å². The fourth-order valence-electron chi connectivity index (χ4n) is 2.58. The van der Waals surface area contributed by atoms with Crippen LogP contribution in [-0.4, -0.2) is 36.8 Å². The van der Waals surface area contributed by atoms with Gasteiger partial charge in [0, 0.05) is 24.5 Å². The quantitative estimate of drug-likeness (QED) is 0.783. The van der Waals surface area contributed by atoms with Crippen molar-refractivity contribution in [1.29, 1.82) is 0 Å². The lowest BCUT2D eigenvalue weighted by molar-refractivity contribution is -0.317. The maximum absolute atomic E-state index is 12.4. The number of hydrogen-bond acceptors (Lipinski definition) is 5. The summed E-state index contributed by atoms with van der Waals surface area (Å²) in [6.45, 7) is 1.73. The Morgan fingerprint density at radius 2 is 2.14 bits per heavy atom. The predicted octanol–water partition coefficient (Wildman–Crippen LogP) is 2.78. The predicted molar refractivity (Wildman–Crippen MR) is 80.0 cm³/mol. The second-order valence-electron chi connectivity index (χ2n) is 5.18. The van der Waals surface area contributed by atoms with Crippen LogP contribution >= 0.6 is 11.8 Å². The molecule has 4 nitrogen and oxygen atoms in total. The Morgan fingerprint density at radius 1 is 1.38 bits per heavy atom. The van der Waals surface area contributed by atoms with E-state index in [1.54, 1.807) is 6.92 Å². The summed E-state index contributed by atoms with van der Waals surface area (Å²) in [6.07, 6.45) is 2.20. The van der Waals surface area contributed by atoms with Crippen molar-refractivity contribution in [3.05, 3.63) is 42.0 Å². The first-order chi connectivity index (χ1) is 10.1. The molecule has 21 heavy (non-hydrogen) atoms. The van der Waals surface area contributed by atoms with Crippen LogP contribution in [0.5, 0.6) is 0 Å². The molecule has 1 saturated heterocycles. The van der Waals surface area contributed by atoms with E-state index in [0.29, 0.717) is 17.7 Å². The first-order valence-corrected chi connectivity index (χ1v) is 7.92. The third kappa shape index (κ3) is 3.06. The van der Waals surface area contributed by atoms with Gasteiger partial charge in [-0.15, -0.1) is 11.8 Å². The summed E-state index contributed by atoms with van der Waals surface area (Å²) in [5, 5.41) is 0. The van der Waals surface area contributed by atoms with Crippen molar-refractivity contribution < 1.29 is 19.0 Å². The van der Waals surface area contributed by atoms with Crippen molar-refractivity contribution in [2.24, 2.45) is 0 Å². The Balaban J connectivity index is 1.61. The minimum absolute atomic E-state index is 0.0975. The number of Topliss-reactive ketones (excluding diaryl/α,β-unsaturated/α-hetero) is 1. The molecule has 5 heteroatoms. The van der Waals surface area contributed by atoms with Gasteiger partial charge in [-0.3, -0.25) is 4.79 Å². The molecule has 0 amide bonds. The summed E-state index contributed by atoms with van der Waals surface area (Å²) in [7, 11) is 1.54. The number of methoxy groups -OCH3 is 1. The zero-order chi connectivity index (χ0) is 14.9. The normalized spacial score (nSPS) is 31.0. The number of ether oxygens (including phenoxy) is 3. The highest BCUT2D eigenvalue weighted by atomic mass is 32.2. The molecule has 1 fully saturated rings. The SMILES string of the molecule is COC1(C)OC2CC=C(C(=O)CSc3ccccc3)C2O1. The van der Waals surface area contributed by atoms with Gasteiger partial charge in [0.1, 0.15) is 6.10 Å². The van der Waals surface area contributed by atoms with Gasteiger partial charge in [0.15, 0.2) is 5.78 Å². The van der Waals surface area contributed by atoms with E-state index in [0.717, 1.165) is 4.90 Å². The van der Waals surface area contributed by atoms with Crippen LogP contribution in [0.1, 0.15) is 13.3 Å². The molecule has 1 aromatic carbocycles. The average Bonchev–Trinajstić information content (AvgIpc) is 3.03. The summed E-state index contributed by atoms with van der Waals surface area (Å²) < 4.78 is 16.7. The topological polar surface area (TPSA) is 44.8 Å². The Kier molecular flexibility index (Phi) is 4.17. The Morgan fingerprint density at radius 3 is 2.86 bits per heavy atom. The summed E-state index contributed by atoms with van der Waals surface area (Å²) in [5.74, 6) is -0.534. The molecule has 3 atom stereocenters. The van der Waals surface area contributed by atoms with Crippen LogP contribution in [0.15, 0.2) is 46.9 Å². The van der Waals surface area contributed by atoms with Crippen LogP contribution in [0.2, 0.25) is 0 Å². The van der Waals surface area contributed by atoms with E-state index in [1.165, 1.54) is 18.9 Å². The van der Waals surface area contributed by atoms with Gasteiger partial charge >= 0.3 is 0 Å². The van der Waals surface area contributed by atoms with E-state index in [9.17, 15) is 4.79 Å². The van der Waals surface area contributed by atoms with Crippen LogP contribution in [0.25, 0.3) is 0 Å². The lowest BCUT2D eigenvalue weighted by Crippen LogP contribution is -2.30. The molecular formula is C16H18O4S. The van der Waals surface area contributed by atoms with E-state index in [-0.39, 0.29) is 18.0 Å². The zero-order valence-corrected chi connectivity index (χ0v) is 12.9. The number of carbonyl (C=O) groups excluding carboxylic acids is 1. The molecule has 0 aromatic heterocycles. The molecule has 2 aliphatic rings. The fourth-order valence-corrected chi connectivity index (χ4v) is 3.40. The molecule has 112 valence electrons. The second kappa shape index (κ2) is 5.93. The van der Waals surface area contributed by atoms with Crippen LogP contribution in [0, 0.1) is 0 Å². The monoisotopic (exact) mass is 306 g/mol.